The Morgan fingerprint density at radius 1 is 1.10 bits per heavy atom. The first kappa shape index (κ1) is 19.4. The number of nitrogens with zero attached hydrogens (tertiary/aromatic N) is 5. The molecule has 0 aliphatic carbocycles. The molecule has 0 atom stereocenters. The first-order valence-electron chi connectivity index (χ1n) is 9.35. The van der Waals surface area contributed by atoms with Crippen molar-refractivity contribution >= 4 is 29.0 Å². The summed E-state index contributed by atoms with van der Waals surface area (Å²) in [6, 6.07) is 9.16. The highest BCUT2D eigenvalue weighted by molar-refractivity contribution is 5.89. The van der Waals surface area contributed by atoms with Crippen molar-refractivity contribution in [3.8, 4) is 0 Å². The van der Waals surface area contributed by atoms with Gasteiger partial charge in [-0.2, -0.15) is 0 Å². The van der Waals surface area contributed by atoms with E-state index in [4.69, 9.17) is 4.52 Å². The lowest BCUT2D eigenvalue weighted by Crippen LogP contribution is -2.29. The van der Waals surface area contributed by atoms with E-state index in [9.17, 15) is 9.59 Å². The summed E-state index contributed by atoms with van der Waals surface area (Å²) in [5.41, 5.74) is 3.69. The largest absolute Gasteiger partial charge is 0.360 e. The van der Waals surface area contributed by atoms with Gasteiger partial charge in [-0.25, -0.2) is 18.9 Å². The number of aryl methyl sites for hydroxylation is 4. The van der Waals surface area contributed by atoms with Crippen LogP contribution >= 0.6 is 0 Å². The second kappa shape index (κ2) is 7.47. The van der Waals surface area contributed by atoms with Crippen molar-refractivity contribution in [2.75, 3.05) is 10.6 Å². The number of rotatable bonds is 5. The number of hydrogen-bond acceptors (Lipinski definition) is 7. The molecule has 0 fully saturated rings. The first-order valence-corrected chi connectivity index (χ1v) is 9.35. The monoisotopic (exact) mass is 407 g/mol. The highest BCUT2D eigenvalue weighted by Gasteiger charge is 2.16. The average Bonchev–Trinajstić information content (AvgIpc) is 3.21. The molecule has 1 aromatic carbocycles. The fourth-order valence-electron chi connectivity index (χ4n) is 3.03. The number of carbonyl (C=O) groups is 1. The summed E-state index contributed by atoms with van der Waals surface area (Å²) in [6.45, 7) is 7.30. The summed E-state index contributed by atoms with van der Waals surface area (Å²) < 4.78 is 7.35. The van der Waals surface area contributed by atoms with Crippen molar-refractivity contribution in [1.82, 2.24) is 24.3 Å². The van der Waals surface area contributed by atoms with Gasteiger partial charge in [0.15, 0.2) is 11.5 Å². The molecule has 0 radical (unpaired) electrons. The Bertz CT molecular complexity index is 1320. The maximum Gasteiger partial charge on any atom is 0.353 e. The van der Waals surface area contributed by atoms with Gasteiger partial charge in [-0.3, -0.25) is 4.79 Å². The molecule has 3 aromatic heterocycles. The van der Waals surface area contributed by atoms with Crippen LogP contribution in [0.1, 0.15) is 22.6 Å². The molecule has 30 heavy (non-hydrogen) atoms. The Morgan fingerprint density at radius 2 is 1.90 bits per heavy atom. The van der Waals surface area contributed by atoms with Crippen LogP contribution in [0.25, 0.3) is 5.65 Å². The van der Waals surface area contributed by atoms with E-state index in [2.05, 4.69) is 25.9 Å². The van der Waals surface area contributed by atoms with Crippen molar-refractivity contribution in [2.24, 2.45) is 0 Å². The average molecular weight is 407 g/mol. The van der Waals surface area contributed by atoms with Crippen molar-refractivity contribution in [3.05, 3.63) is 63.4 Å². The topological polar surface area (TPSA) is 119 Å². The van der Waals surface area contributed by atoms with Crippen LogP contribution in [-0.2, 0) is 11.3 Å². The van der Waals surface area contributed by atoms with E-state index in [1.165, 1.54) is 9.96 Å². The molecule has 10 heteroatoms. The minimum Gasteiger partial charge on any atom is -0.360 e. The van der Waals surface area contributed by atoms with Crippen molar-refractivity contribution < 1.29 is 9.32 Å². The molecule has 1 amide bonds. The number of carbonyl (C=O) groups excluding carboxylic acids is 1. The SMILES string of the molecule is Cc1cc2nn(CC(=O)Nc3cc(C)on3)c(=O)n2c(Nc2ccc(C)c(C)c2)n1. The second-order valence-electron chi connectivity index (χ2n) is 7.15. The van der Waals surface area contributed by atoms with Gasteiger partial charge in [-0.1, -0.05) is 11.2 Å². The number of anilines is 3. The van der Waals surface area contributed by atoms with Gasteiger partial charge in [-0.05, 0) is 51.0 Å². The molecule has 0 aliphatic heterocycles. The standard InChI is InChI=1S/C20H21N7O3/c1-11-5-6-15(7-12(11)2)22-19-21-13(3)8-17-24-26(20(29)27(17)19)10-18(28)23-16-9-14(4)30-25-16/h5-9H,10H2,1-4H3,(H,21,22)(H,23,25,28). The molecule has 10 nitrogen and oxygen atoms in total. The number of amides is 1. The van der Waals surface area contributed by atoms with E-state index in [1.807, 2.05) is 39.0 Å². The summed E-state index contributed by atoms with van der Waals surface area (Å²) in [5, 5.41) is 13.7. The van der Waals surface area contributed by atoms with Crippen molar-refractivity contribution in [3.63, 3.8) is 0 Å². The van der Waals surface area contributed by atoms with Gasteiger partial charge < -0.3 is 15.2 Å². The Hall–Kier alpha value is -3.95. The Kier molecular flexibility index (Phi) is 4.82. The van der Waals surface area contributed by atoms with Crippen LogP contribution in [0, 0.1) is 27.7 Å². The Morgan fingerprint density at radius 3 is 2.60 bits per heavy atom. The lowest BCUT2D eigenvalue weighted by atomic mass is 10.1. The van der Waals surface area contributed by atoms with E-state index in [1.54, 1.807) is 19.1 Å². The fourth-order valence-corrected chi connectivity index (χ4v) is 3.03. The molecule has 0 spiro atoms. The first-order chi connectivity index (χ1) is 14.3. The summed E-state index contributed by atoms with van der Waals surface area (Å²) in [6.07, 6.45) is 0. The van der Waals surface area contributed by atoms with E-state index in [0.29, 0.717) is 23.0 Å². The van der Waals surface area contributed by atoms with Crippen LogP contribution in [0.4, 0.5) is 17.5 Å². The van der Waals surface area contributed by atoms with Crippen molar-refractivity contribution in [2.45, 2.75) is 34.2 Å². The zero-order valence-corrected chi connectivity index (χ0v) is 17.1. The maximum atomic E-state index is 12.9. The molecule has 4 rings (SSSR count). The molecule has 0 aliphatic rings. The Balaban J connectivity index is 1.65. The highest BCUT2D eigenvalue weighted by Crippen LogP contribution is 2.19. The maximum absolute atomic E-state index is 12.9. The van der Waals surface area contributed by atoms with Gasteiger partial charge in [0.2, 0.25) is 11.9 Å². The van der Waals surface area contributed by atoms with Crippen LogP contribution in [0.3, 0.4) is 0 Å². The van der Waals surface area contributed by atoms with E-state index in [-0.39, 0.29) is 12.4 Å². The minimum absolute atomic E-state index is 0.269. The minimum atomic E-state index is -0.477. The molecule has 0 bridgehead atoms. The molecule has 4 aromatic rings. The zero-order valence-electron chi connectivity index (χ0n) is 17.1. The summed E-state index contributed by atoms with van der Waals surface area (Å²) in [5.74, 6) is 0.738. The molecule has 0 saturated carbocycles. The second-order valence-corrected chi connectivity index (χ2v) is 7.15. The van der Waals surface area contributed by atoms with Gasteiger partial charge in [-0.15, -0.1) is 5.10 Å². The smallest absolute Gasteiger partial charge is 0.353 e. The zero-order chi connectivity index (χ0) is 21.4. The summed E-state index contributed by atoms with van der Waals surface area (Å²) >= 11 is 0. The molecular formula is C20H21N7O3. The van der Waals surface area contributed by atoms with Crippen LogP contribution in [0.15, 0.2) is 39.6 Å². The number of benzene rings is 1. The lowest BCUT2D eigenvalue weighted by molar-refractivity contribution is -0.117. The van der Waals surface area contributed by atoms with Gasteiger partial charge in [0.25, 0.3) is 0 Å². The fraction of sp³-hybridized carbons (Fsp3) is 0.250. The summed E-state index contributed by atoms with van der Waals surface area (Å²) in [4.78, 5) is 29.7. The number of aromatic nitrogens is 5. The van der Waals surface area contributed by atoms with Gasteiger partial charge >= 0.3 is 5.69 Å². The quantitative estimate of drug-likeness (QED) is 0.521. The van der Waals surface area contributed by atoms with Crippen LogP contribution in [0.5, 0.6) is 0 Å². The molecule has 154 valence electrons. The van der Waals surface area contributed by atoms with Crippen LogP contribution in [0.2, 0.25) is 0 Å². The third-order valence-corrected chi connectivity index (χ3v) is 4.65. The number of hydrogen-bond donors (Lipinski definition) is 2. The normalized spacial score (nSPS) is 11.1. The van der Waals surface area contributed by atoms with Crippen molar-refractivity contribution in [1.29, 1.82) is 0 Å². The lowest BCUT2D eigenvalue weighted by Gasteiger charge is -2.09. The molecule has 0 unspecified atom stereocenters. The predicted octanol–water partition coefficient (Wildman–Crippen LogP) is 2.49. The molecule has 3 heterocycles. The van der Waals surface area contributed by atoms with Gasteiger partial charge in [0, 0.05) is 23.5 Å². The number of fused-ring (bicyclic) bond motifs is 1. The van der Waals surface area contributed by atoms with Gasteiger partial charge in [0.1, 0.15) is 12.3 Å². The number of nitrogens with one attached hydrogen (secondary N) is 2. The third kappa shape index (κ3) is 3.79. The summed E-state index contributed by atoms with van der Waals surface area (Å²) in [7, 11) is 0. The van der Waals surface area contributed by atoms with Crippen LogP contribution in [-0.4, -0.2) is 30.2 Å². The molecule has 2 N–H and O–H groups in total. The molecular weight excluding hydrogens is 386 g/mol. The molecule has 0 saturated heterocycles. The van der Waals surface area contributed by atoms with E-state index in [0.717, 1.165) is 15.9 Å². The van der Waals surface area contributed by atoms with E-state index >= 15 is 0 Å². The van der Waals surface area contributed by atoms with Gasteiger partial charge in [0.05, 0.1) is 0 Å². The predicted molar refractivity (Wildman–Crippen MR) is 111 cm³/mol. The van der Waals surface area contributed by atoms with E-state index < -0.39 is 11.6 Å². The van der Waals surface area contributed by atoms with Crippen LogP contribution < -0.4 is 16.3 Å². The third-order valence-electron chi connectivity index (χ3n) is 4.65. The highest BCUT2D eigenvalue weighted by atomic mass is 16.5. The Labute approximate surface area is 171 Å².